The average molecular weight is 128 g/mol. The molecule has 0 heterocycles. The van der Waals surface area contributed by atoms with Gasteiger partial charge in [0.05, 0.1) is 0 Å². The lowest BCUT2D eigenvalue weighted by Crippen LogP contribution is -2.26. The third-order valence-corrected chi connectivity index (χ3v) is 2.63. The standard InChI is InChI=1S/C10H8/c1-2-4-8-7(3-1)9-5-6-10(8)9/h1-6,9-10H. The van der Waals surface area contributed by atoms with Gasteiger partial charge >= 0.3 is 0 Å². The van der Waals surface area contributed by atoms with Crippen LogP contribution < -0.4 is 0 Å². The molecular formula is C10H8. The van der Waals surface area contributed by atoms with Crippen molar-refractivity contribution in [3.05, 3.63) is 47.5 Å². The molecule has 0 spiro atoms. The van der Waals surface area contributed by atoms with Gasteiger partial charge in [-0.3, -0.25) is 0 Å². The van der Waals surface area contributed by atoms with Crippen LogP contribution in [-0.2, 0) is 0 Å². The molecule has 0 saturated carbocycles. The Bertz CT molecular complexity index is 279. The molecule has 0 nitrogen and oxygen atoms in total. The Balaban J connectivity index is 2.25. The lowest BCUT2D eigenvalue weighted by molar-refractivity contribution is 0.587. The van der Waals surface area contributed by atoms with Gasteiger partial charge in [0.2, 0.25) is 0 Å². The maximum Gasteiger partial charge on any atom is 0.0125 e. The van der Waals surface area contributed by atoms with Gasteiger partial charge in [-0.25, -0.2) is 0 Å². The second-order valence-corrected chi connectivity index (χ2v) is 3.07. The summed E-state index contributed by atoms with van der Waals surface area (Å²) >= 11 is 0. The Morgan fingerprint density at radius 3 is 1.70 bits per heavy atom. The molecule has 0 fully saturated rings. The molecule has 2 aliphatic rings. The molecule has 0 saturated heterocycles. The second kappa shape index (κ2) is 1.34. The van der Waals surface area contributed by atoms with Crippen LogP contribution in [0.3, 0.4) is 0 Å². The minimum atomic E-state index is 0.788. The smallest absolute Gasteiger partial charge is 0.0125 e. The summed E-state index contributed by atoms with van der Waals surface area (Å²) in [5.41, 5.74) is 3.10. The van der Waals surface area contributed by atoms with Crippen molar-refractivity contribution in [1.82, 2.24) is 0 Å². The summed E-state index contributed by atoms with van der Waals surface area (Å²) in [7, 11) is 0. The van der Waals surface area contributed by atoms with Crippen molar-refractivity contribution in [1.29, 1.82) is 0 Å². The van der Waals surface area contributed by atoms with Gasteiger partial charge in [0.1, 0.15) is 0 Å². The van der Waals surface area contributed by atoms with E-state index in [1.54, 1.807) is 11.1 Å². The minimum Gasteiger partial charge on any atom is -0.0794 e. The van der Waals surface area contributed by atoms with E-state index < -0.39 is 0 Å². The molecule has 0 heteroatoms. The van der Waals surface area contributed by atoms with E-state index in [-0.39, 0.29) is 0 Å². The van der Waals surface area contributed by atoms with Gasteiger partial charge in [-0.05, 0) is 11.1 Å². The van der Waals surface area contributed by atoms with Crippen molar-refractivity contribution in [2.24, 2.45) is 0 Å². The number of rotatable bonds is 0. The third-order valence-electron chi connectivity index (χ3n) is 2.63. The molecular weight excluding hydrogens is 120 g/mol. The van der Waals surface area contributed by atoms with E-state index in [2.05, 4.69) is 36.4 Å². The molecule has 1 aromatic carbocycles. The second-order valence-electron chi connectivity index (χ2n) is 3.07. The number of fused-ring (bicyclic) bond motifs is 4. The molecule has 0 amide bonds. The lowest BCUT2D eigenvalue weighted by atomic mass is 9.62. The molecule has 0 N–H and O–H groups in total. The quantitative estimate of drug-likeness (QED) is 0.471. The predicted octanol–water partition coefficient (Wildman–Crippen LogP) is 2.44. The van der Waals surface area contributed by atoms with Gasteiger partial charge in [0.25, 0.3) is 0 Å². The zero-order chi connectivity index (χ0) is 6.55. The molecule has 0 aliphatic heterocycles. The van der Waals surface area contributed by atoms with Crippen LogP contribution in [0.15, 0.2) is 36.4 Å². The number of allylic oxidation sites excluding steroid dienone is 2. The zero-order valence-corrected chi connectivity index (χ0v) is 5.62. The van der Waals surface area contributed by atoms with Gasteiger partial charge in [-0.1, -0.05) is 36.4 Å². The Morgan fingerprint density at radius 1 is 0.800 bits per heavy atom. The molecule has 0 aromatic heterocycles. The Hall–Kier alpha value is -1.04. The fraction of sp³-hybridized carbons (Fsp3) is 0.200. The monoisotopic (exact) mass is 128 g/mol. The molecule has 0 radical (unpaired) electrons. The number of benzene rings is 1. The van der Waals surface area contributed by atoms with Crippen LogP contribution in [0.2, 0.25) is 0 Å². The van der Waals surface area contributed by atoms with Gasteiger partial charge in [-0.15, -0.1) is 0 Å². The van der Waals surface area contributed by atoms with E-state index in [1.165, 1.54) is 0 Å². The molecule has 48 valence electrons. The molecule has 2 unspecified atom stereocenters. The van der Waals surface area contributed by atoms with Crippen molar-refractivity contribution in [3.8, 4) is 0 Å². The highest BCUT2D eigenvalue weighted by molar-refractivity contribution is 5.55. The largest absolute Gasteiger partial charge is 0.0794 e. The highest BCUT2D eigenvalue weighted by Crippen LogP contribution is 2.53. The van der Waals surface area contributed by atoms with E-state index in [0.29, 0.717) is 0 Å². The Kier molecular flexibility index (Phi) is 0.634. The molecule has 2 aliphatic carbocycles. The molecule has 2 atom stereocenters. The molecule has 10 heavy (non-hydrogen) atoms. The first-order chi connectivity index (χ1) is 4.97. The predicted molar refractivity (Wildman–Crippen MR) is 41.1 cm³/mol. The first kappa shape index (κ1) is 4.73. The summed E-state index contributed by atoms with van der Waals surface area (Å²) in [6.07, 6.45) is 4.60. The van der Waals surface area contributed by atoms with Gasteiger partial charge in [-0.2, -0.15) is 0 Å². The first-order valence-electron chi connectivity index (χ1n) is 3.74. The van der Waals surface area contributed by atoms with Crippen LogP contribution >= 0.6 is 0 Å². The van der Waals surface area contributed by atoms with Crippen molar-refractivity contribution < 1.29 is 0 Å². The van der Waals surface area contributed by atoms with Crippen LogP contribution in [0.25, 0.3) is 0 Å². The summed E-state index contributed by atoms with van der Waals surface area (Å²) in [6, 6.07) is 8.72. The summed E-state index contributed by atoms with van der Waals surface area (Å²) in [6.45, 7) is 0. The maximum absolute atomic E-state index is 2.30. The van der Waals surface area contributed by atoms with Crippen molar-refractivity contribution in [3.63, 3.8) is 0 Å². The summed E-state index contributed by atoms with van der Waals surface area (Å²) in [5, 5.41) is 0. The molecule has 3 rings (SSSR count). The first-order valence-corrected chi connectivity index (χ1v) is 3.74. The van der Waals surface area contributed by atoms with Crippen LogP contribution in [0.1, 0.15) is 23.0 Å². The molecule has 1 aromatic rings. The van der Waals surface area contributed by atoms with Crippen LogP contribution in [0.4, 0.5) is 0 Å². The third kappa shape index (κ3) is 0.340. The van der Waals surface area contributed by atoms with Crippen LogP contribution in [-0.4, -0.2) is 0 Å². The number of hydrogen-bond acceptors (Lipinski definition) is 0. The SMILES string of the molecule is C1=CC2c3ccccc3C12. The summed E-state index contributed by atoms with van der Waals surface area (Å²) < 4.78 is 0. The minimum absolute atomic E-state index is 0.788. The Morgan fingerprint density at radius 2 is 1.30 bits per heavy atom. The zero-order valence-electron chi connectivity index (χ0n) is 5.62. The van der Waals surface area contributed by atoms with Crippen LogP contribution in [0, 0.1) is 0 Å². The van der Waals surface area contributed by atoms with Crippen LogP contribution in [0.5, 0.6) is 0 Å². The van der Waals surface area contributed by atoms with Crippen molar-refractivity contribution in [2.75, 3.05) is 0 Å². The van der Waals surface area contributed by atoms with E-state index >= 15 is 0 Å². The average Bonchev–Trinajstić information content (AvgIpc) is 1.90. The van der Waals surface area contributed by atoms with Crippen molar-refractivity contribution in [2.45, 2.75) is 11.8 Å². The lowest BCUT2D eigenvalue weighted by Gasteiger charge is -2.42. The fourth-order valence-electron chi connectivity index (χ4n) is 1.95. The molecule has 0 bridgehead atoms. The van der Waals surface area contributed by atoms with E-state index in [4.69, 9.17) is 0 Å². The van der Waals surface area contributed by atoms with E-state index in [1.807, 2.05) is 0 Å². The summed E-state index contributed by atoms with van der Waals surface area (Å²) in [5.74, 6) is 1.58. The number of hydrogen-bond donors (Lipinski definition) is 0. The van der Waals surface area contributed by atoms with Gasteiger partial charge in [0, 0.05) is 11.8 Å². The van der Waals surface area contributed by atoms with Gasteiger partial charge < -0.3 is 0 Å². The van der Waals surface area contributed by atoms with E-state index in [0.717, 1.165) is 11.8 Å². The maximum atomic E-state index is 2.30. The summed E-state index contributed by atoms with van der Waals surface area (Å²) in [4.78, 5) is 0. The normalized spacial score (nSPS) is 31.6. The van der Waals surface area contributed by atoms with E-state index in [9.17, 15) is 0 Å². The van der Waals surface area contributed by atoms with Gasteiger partial charge in [0.15, 0.2) is 0 Å². The Labute approximate surface area is 60.2 Å². The fourth-order valence-corrected chi connectivity index (χ4v) is 1.95. The van der Waals surface area contributed by atoms with Crippen molar-refractivity contribution >= 4 is 0 Å². The highest BCUT2D eigenvalue weighted by atomic mass is 14.4. The topological polar surface area (TPSA) is 0 Å². The highest BCUT2D eigenvalue weighted by Gasteiger charge is 2.38.